The lowest BCUT2D eigenvalue weighted by atomic mass is 9.44. The van der Waals surface area contributed by atoms with Crippen LogP contribution in [0.1, 0.15) is 188 Å². The van der Waals surface area contributed by atoms with E-state index in [1.165, 1.54) is 0 Å². The summed E-state index contributed by atoms with van der Waals surface area (Å²) in [4.78, 5) is 140. The number of amides is 10. The number of ketones is 1. The number of primary amides is 1. The number of rotatable bonds is 65. The van der Waals surface area contributed by atoms with Gasteiger partial charge in [0.05, 0.1) is 164 Å². The lowest BCUT2D eigenvalue weighted by Gasteiger charge is -2.63. The number of hydrazone groups is 1. The molecule has 17 atom stereocenters. The van der Waals surface area contributed by atoms with E-state index in [2.05, 4.69) is 92.5 Å². The summed E-state index contributed by atoms with van der Waals surface area (Å²) in [7, 11) is 6.21. The van der Waals surface area contributed by atoms with E-state index in [0.717, 1.165) is 62.4 Å². The van der Waals surface area contributed by atoms with Gasteiger partial charge in [-0.2, -0.15) is 5.10 Å². The summed E-state index contributed by atoms with van der Waals surface area (Å²) in [6, 6.07) is 8.07. The molecule has 10 amide bonds. The predicted molar refractivity (Wildman–Crippen MR) is 543 cm³/mol. The Kier molecular flexibility index (Phi) is 48.4. The van der Waals surface area contributed by atoms with E-state index in [1.54, 1.807) is 87.5 Å². The molecule has 146 heavy (non-hydrogen) atoms. The van der Waals surface area contributed by atoms with Crippen LogP contribution in [0, 0.1) is 58.2 Å². The van der Waals surface area contributed by atoms with Gasteiger partial charge in [-0.25, -0.2) is 18.4 Å². The fourth-order valence-electron chi connectivity index (χ4n) is 20.9. The highest BCUT2D eigenvalue weighted by atomic mass is 19.1. The van der Waals surface area contributed by atoms with E-state index in [9.17, 15) is 53.1 Å². The Morgan fingerprint density at radius 1 is 0.630 bits per heavy atom. The number of unbranched alkanes of at least 4 members (excludes halogenated alkanes) is 1. The Morgan fingerprint density at radius 3 is 1.86 bits per heavy atom. The van der Waals surface area contributed by atoms with Crippen molar-refractivity contribution in [2.45, 2.75) is 249 Å². The van der Waals surface area contributed by atoms with E-state index in [1.807, 2.05) is 13.8 Å². The number of allylic oxidation sites excluding steroid dienone is 5. The van der Waals surface area contributed by atoms with Gasteiger partial charge in [-0.3, -0.25) is 48.7 Å². The monoisotopic (exact) mass is 2050 g/mol. The van der Waals surface area contributed by atoms with E-state index >= 15 is 8.78 Å². The smallest absolute Gasteiger partial charge is 0.411 e. The number of likely N-dealkylation sites (N-methyl/N-ethyl adjacent to an activating group) is 1. The first-order valence-corrected chi connectivity index (χ1v) is 52.3. The highest BCUT2D eigenvalue weighted by molar-refractivity contribution is 6.44. The van der Waals surface area contributed by atoms with Crippen LogP contribution in [-0.2, 0) is 102 Å². The normalized spacial score (nSPS) is 25.6. The van der Waals surface area contributed by atoms with Crippen LogP contribution in [0.15, 0.2) is 94.6 Å². The minimum absolute atomic E-state index is 0.00555. The molecule has 8 aliphatic rings. The number of carbonyl (C=O) groups is 10. The Bertz CT molecular complexity index is 4730. The summed E-state index contributed by atoms with van der Waals surface area (Å²) in [5.41, 5.74) is 1.90. The zero-order chi connectivity index (χ0) is 105. The highest BCUT2D eigenvalue weighted by Gasteiger charge is 2.80. The van der Waals surface area contributed by atoms with Gasteiger partial charge in [0.25, 0.3) is 0 Å². The summed E-state index contributed by atoms with van der Waals surface area (Å²) in [6.07, 6.45) is 10.2. The van der Waals surface area contributed by atoms with Crippen molar-refractivity contribution < 1.29 is 128 Å². The maximum atomic E-state index is 18.2. The summed E-state index contributed by atoms with van der Waals surface area (Å²) < 4.78 is 112. The van der Waals surface area contributed by atoms with Crippen molar-refractivity contribution in [3.8, 4) is 17.6 Å². The van der Waals surface area contributed by atoms with Gasteiger partial charge in [-0.15, -0.1) is 11.8 Å². The third kappa shape index (κ3) is 35.6. The number of benzene rings is 2. The van der Waals surface area contributed by atoms with Crippen LogP contribution in [0.4, 0.5) is 29.7 Å². The molecule has 2 aromatic rings. The number of carbonyl (C=O) groups excluding carboxylic acids is 10. The van der Waals surface area contributed by atoms with Gasteiger partial charge in [0.1, 0.15) is 61.7 Å². The van der Waals surface area contributed by atoms with E-state index in [4.69, 9.17) is 78.1 Å². The first kappa shape index (κ1) is 118. The zero-order valence-electron chi connectivity index (χ0n) is 86.7. The number of aliphatic imine (C=N–C) groups is 1. The maximum absolute atomic E-state index is 18.2. The van der Waals surface area contributed by atoms with Crippen molar-refractivity contribution in [2.24, 2.45) is 68.0 Å². The quantitative estimate of drug-likeness (QED) is 0.00969. The van der Waals surface area contributed by atoms with Crippen molar-refractivity contribution in [3.05, 3.63) is 90.0 Å². The molecule has 1 heterocycles. The minimum atomic E-state index is -2.26. The maximum Gasteiger partial charge on any atom is 0.411 e. The molecule has 0 radical (unpaired) electrons. The van der Waals surface area contributed by atoms with Gasteiger partial charge >= 0.3 is 12.1 Å². The topological polar surface area (TPSA) is 496 Å². The number of halogens is 2. The number of alkyl halides is 2. The second-order valence-corrected chi connectivity index (χ2v) is 40.6. The fraction of sp³-hybridized carbons (Fsp3) is 0.698. The number of aliphatic hydroxyl groups excluding tert-OH is 1. The van der Waals surface area contributed by atoms with Gasteiger partial charge in [-0.05, 0) is 186 Å². The molecular weight excluding hydrogens is 1890 g/mol. The molecule has 5 saturated carbocycles. The number of nitrogens with two attached hydrogens (primary N) is 2. The van der Waals surface area contributed by atoms with Gasteiger partial charge in [0.2, 0.25) is 47.1 Å². The summed E-state index contributed by atoms with van der Waals surface area (Å²) in [6.45, 7) is 19.0. The van der Waals surface area contributed by atoms with E-state index < -0.39 is 143 Å². The molecule has 0 spiro atoms. The van der Waals surface area contributed by atoms with Crippen molar-refractivity contribution in [1.29, 1.82) is 0 Å². The molecule has 6 fully saturated rings. The molecule has 812 valence electrons. The van der Waals surface area contributed by atoms with Crippen LogP contribution in [-0.4, -0.2) is 320 Å². The average molecular weight is 2050 g/mol. The van der Waals surface area contributed by atoms with Crippen molar-refractivity contribution in [2.75, 3.05) is 190 Å². The van der Waals surface area contributed by atoms with Crippen LogP contribution in [0.3, 0.4) is 0 Å². The Morgan fingerprint density at radius 2 is 1.22 bits per heavy atom. The molecule has 0 bridgehead atoms. The number of fused-ring (bicyclic) bond motifs is 8. The van der Waals surface area contributed by atoms with Crippen LogP contribution < -0.4 is 64.2 Å². The minimum Gasteiger partial charge on any atom is -0.486 e. The molecule has 38 nitrogen and oxygen atoms in total. The lowest BCUT2D eigenvalue weighted by molar-refractivity contribution is -0.869. The van der Waals surface area contributed by atoms with Crippen molar-refractivity contribution in [1.82, 2.24) is 37.2 Å². The Hall–Kier alpha value is -10.0. The number of aliphatic hydroxyl groups is 1. The van der Waals surface area contributed by atoms with Crippen LogP contribution in [0.5, 0.6) is 5.75 Å². The number of urea groups is 1. The molecule has 14 N–H and O–H groups in total. The van der Waals surface area contributed by atoms with Gasteiger partial charge in [-0.1, -0.05) is 83.9 Å². The number of hydrogen-bond acceptors (Lipinski definition) is 27. The predicted octanol–water partition coefficient (Wildman–Crippen LogP) is 8.54. The van der Waals surface area contributed by atoms with Crippen molar-refractivity contribution in [3.63, 3.8) is 0 Å². The largest absolute Gasteiger partial charge is 0.486 e. The first-order chi connectivity index (χ1) is 70.2. The van der Waals surface area contributed by atoms with Gasteiger partial charge in [0, 0.05) is 79.9 Å². The number of nitrogens with zero attached hydrogens (tertiary/aromatic N) is 3. The number of ether oxygens (including phenoxy) is 13. The fourth-order valence-corrected chi connectivity index (χ4v) is 20.9. The number of hydrogen-bond donors (Lipinski definition) is 12. The SMILES string of the molecule is C=C1C=C[C@@]2(C)C(=C1)[C@@H](F)C[C@H]1[C@@H]3C[C@H]4OC(CCC)O[C@@]4(C(=O)COc4ccc(NC(=O)OCc5ccc(NC(=O)[C@H](CCCNC(N)=O)NC(=O)[C@@H](NC(=O)[C@@H](CCCCNC(=O)COC6CCCCCC(=NCCOCCOCCOCCOCCC(=O)NCC[N+](C)(C)C)C6=NN)NC(=O)CCOCCOCCOCCOCCNC(=O)CCC6[C@H]7CCC#CCC[C@@H]67)C(C)C)cc5)cc4)[C@@]3(C)C[C@H](O)[C@@]12F. The number of Topliss-reactive ketones (excluding diaryl/α,β-unsaturated/α-hetero) is 1. The summed E-state index contributed by atoms with van der Waals surface area (Å²) in [5, 5.41) is 41.3. The van der Waals surface area contributed by atoms with Crippen LogP contribution >= 0.6 is 0 Å². The third-order valence-electron chi connectivity index (χ3n) is 28.7. The number of nitrogens with one attached hydrogen (secondary N) is 9. The summed E-state index contributed by atoms with van der Waals surface area (Å²) >= 11 is 0. The number of anilines is 2. The third-order valence-corrected chi connectivity index (χ3v) is 28.7. The van der Waals surface area contributed by atoms with Crippen LogP contribution in [0.2, 0.25) is 0 Å². The molecule has 0 aromatic heterocycles. The highest BCUT2D eigenvalue weighted by Crippen LogP contribution is 2.72. The standard InChI is InChI=1S/C106H160F2N14O24/c1-10-21-95-145-90-66-80-81-65-83(107)82-64-72(4)38-41-103(82,5)105(81,108)88(123)67-104(80,6)106(90,146-95)89(124)69-142-76-34-32-75(33-35-76)117-102(133)144-68-73-28-30-74(31-29-73)116-98(129)86(26-20-43-115-101(109)132)119-100(131)96(71(2)3)120-99(130)85(118-93(127)40-49-135-53-57-139-61-63-141-59-55-137-51-46-114-91(125)37-36-79-77-22-14-11-12-15-23-78(77)79)25-18-19-42-112-94(128)70-143-87-27-17-13-16-24-84(97(87)121-110)111-45-50-136-54-58-140-62-60-138-56-52-134-48-39-92(126)113-44-47-122(7,8)9/h28-35,38,41,64,71,77-81,83,85-88,90,95-96,123H,4,10,13-27,36-37,39-40,42-63,65-70H2,1-3,5-9H3,(H12-,109,110,111,112,113,114,115,116,117,118,119,120,125,126,127,128,129,130,131,132,133)/p+1/t77-,78+,79?,80-,81-,83-,85+,86-,87?,88-,90+,95?,96-,103-,104-,105-,106+/m0/s1. The molecule has 3 unspecified atom stereocenters. The second kappa shape index (κ2) is 60.0. The molecule has 1 aliphatic heterocycles. The van der Waals surface area contributed by atoms with Crippen molar-refractivity contribution >= 4 is 82.1 Å². The molecule has 40 heteroatoms. The molecule has 7 aliphatic carbocycles. The van der Waals surface area contributed by atoms with E-state index in [-0.39, 0.29) is 127 Å². The lowest BCUT2D eigenvalue weighted by Crippen LogP contribution is -2.70. The first-order valence-electron chi connectivity index (χ1n) is 52.3. The summed E-state index contributed by atoms with van der Waals surface area (Å²) in [5.74, 6) is 9.13. The molecular formula is C106H161F2N14O24+. The zero-order valence-corrected chi connectivity index (χ0v) is 86.7. The Balaban J connectivity index is 0.662. The molecule has 2 aromatic carbocycles. The van der Waals surface area contributed by atoms with Gasteiger partial charge < -0.3 is 125 Å². The Labute approximate surface area is 857 Å². The second-order valence-electron chi connectivity index (χ2n) is 40.6. The van der Waals surface area contributed by atoms with Gasteiger partial charge in [0.15, 0.2) is 17.6 Å². The van der Waals surface area contributed by atoms with E-state index in [0.29, 0.717) is 196 Å². The molecule has 1 saturated heterocycles. The number of quaternary nitrogens is 1. The average Bonchev–Trinajstić information content (AvgIpc) is 1.47. The van der Waals surface area contributed by atoms with Crippen LogP contribution in [0.25, 0.3) is 0 Å². The molecule has 10 rings (SSSR count).